The molecule has 0 aromatic carbocycles. The molecule has 1 aliphatic heterocycles. The molecule has 2 atom stereocenters. The number of aliphatic hydroxyl groups excluding tert-OH is 1. The molecular formula is C21H22ClF3N4O3. The fourth-order valence-electron chi connectivity index (χ4n) is 4.77. The van der Waals surface area contributed by atoms with Crippen LogP contribution in [0.25, 0.3) is 5.65 Å². The van der Waals surface area contributed by atoms with Crippen LogP contribution in [0.1, 0.15) is 59.6 Å². The molecule has 1 unspecified atom stereocenters. The molecule has 2 aromatic rings. The van der Waals surface area contributed by atoms with Crippen LogP contribution < -0.4 is 0 Å². The van der Waals surface area contributed by atoms with Gasteiger partial charge in [0.1, 0.15) is 11.7 Å². The Kier molecular flexibility index (Phi) is 5.12. The molecule has 0 radical (unpaired) electrons. The molecule has 3 heterocycles. The van der Waals surface area contributed by atoms with Gasteiger partial charge in [0.25, 0.3) is 5.91 Å². The van der Waals surface area contributed by atoms with Crippen LogP contribution in [0.5, 0.6) is 0 Å². The Morgan fingerprint density at radius 1 is 1.19 bits per heavy atom. The van der Waals surface area contributed by atoms with Gasteiger partial charge in [-0.3, -0.25) is 14.0 Å². The second kappa shape index (κ2) is 7.62. The fourth-order valence-corrected chi connectivity index (χ4v) is 5.02. The first-order valence-electron chi connectivity index (χ1n) is 10.7. The molecule has 0 spiro atoms. The topological polar surface area (TPSA) is 78.2 Å². The van der Waals surface area contributed by atoms with Gasteiger partial charge in [-0.25, -0.2) is 4.98 Å². The molecule has 2 aliphatic carbocycles. The van der Waals surface area contributed by atoms with Crippen molar-refractivity contribution in [2.24, 2.45) is 0 Å². The zero-order valence-electron chi connectivity index (χ0n) is 17.1. The number of alkyl halides is 3. The van der Waals surface area contributed by atoms with E-state index < -0.39 is 29.4 Å². The fraction of sp³-hybridized carbons (Fsp3) is 0.571. The summed E-state index contributed by atoms with van der Waals surface area (Å²) in [5, 5.41) is 9.89. The minimum Gasteiger partial charge on any atom is -0.391 e. The van der Waals surface area contributed by atoms with Crippen molar-refractivity contribution >= 4 is 29.1 Å². The monoisotopic (exact) mass is 470 g/mol. The summed E-state index contributed by atoms with van der Waals surface area (Å²) in [6, 6.07) is 0.827. The van der Waals surface area contributed by atoms with Crippen LogP contribution in [0.4, 0.5) is 13.2 Å². The summed E-state index contributed by atoms with van der Waals surface area (Å²) in [6.45, 7) is 0.208. The van der Waals surface area contributed by atoms with E-state index in [1.54, 1.807) is 4.90 Å². The van der Waals surface area contributed by atoms with E-state index in [-0.39, 0.29) is 48.3 Å². The van der Waals surface area contributed by atoms with Gasteiger partial charge in [0.15, 0.2) is 11.3 Å². The number of halogens is 4. The van der Waals surface area contributed by atoms with Gasteiger partial charge in [-0.2, -0.15) is 13.2 Å². The maximum Gasteiger partial charge on any atom is 0.419 e. The van der Waals surface area contributed by atoms with Crippen molar-refractivity contribution in [1.29, 1.82) is 0 Å². The van der Waals surface area contributed by atoms with E-state index >= 15 is 0 Å². The highest BCUT2D eigenvalue weighted by Gasteiger charge is 2.40. The number of aliphatic hydroxyl groups is 1. The van der Waals surface area contributed by atoms with Gasteiger partial charge in [0.05, 0.1) is 17.7 Å². The second-order valence-corrected chi connectivity index (χ2v) is 9.14. The first-order valence-corrected chi connectivity index (χ1v) is 11.1. The highest BCUT2D eigenvalue weighted by atomic mass is 35.5. The van der Waals surface area contributed by atoms with E-state index in [4.69, 9.17) is 11.6 Å². The van der Waals surface area contributed by atoms with Crippen molar-refractivity contribution in [2.75, 3.05) is 19.6 Å². The Labute approximate surface area is 186 Å². The van der Waals surface area contributed by atoms with Crippen molar-refractivity contribution in [1.82, 2.24) is 19.2 Å². The Morgan fingerprint density at radius 3 is 2.53 bits per heavy atom. The number of rotatable bonds is 3. The predicted octanol–water partition coefficient (Wildman–Crippen LogP) is 3.08. The van der Waals surface area contributed by atoms with Gasteiger partial charge >= 0.3 is 6.18 Å². The smallest absolute Gasteiger partial charge is 0.391 e. The third kappa shape index (κ3) is 3.63. The predicted molar refractivity (Wildman–Crippen MR) is 108 cm³/mol. The van der Waals surface area contributed by atoms with Crippen LogP contribution >= 0.6 is 11.6 Å². The minimum absolute atomic E-state index is 0.0507. The van der Waals surface area contributed by atoms with Crippen molar-refractivity contribution in [3.05, 3.63) is 34.2 Å². The van der Waals surface area contributed by atoms with Crippen molar-refractivity contribution in [3.8, 4) is 0 Å². The molecular weight excluding hydrogens is 449 g/mol. The zero-order valence-corrected chi connectivity index (χ0v) is 17.9. The Morgan fingerprint density at radius 2 is 1.94 bits per heavy atom. The van der Waals surface area contributed by atoms with Crippen LogP contribution in [0.3, 0.4) is 0 Å². The van der Waals surface area contributed by atoms with E-state index in [1.807, 2.05) is 0 Å². The first kappa shape index (κ1) is 21.5. The van der Waals surface area contributed by atoms with Gasteiger partial charge in [-0.15, -0.1) is 0 Å². The first-order chi connectivity index (χ1) is 15.1. The molecule has 5 rings (SSSR count). The van der Waals surface area contributed by atoms with Gasteiger partial charge in [-0.05, 0) is 49.7 Å². The number of amides is 2. The molecule has 2 saturated carbocycles. The average Bonchev–Trinajstić information content (AvgIpc) is 3.43. The maximum absolute atomic E-state index is 13.7. The molecule has 7 nitrogen and oxygen atoms in total. The van der Waals surface area contributed by atoms with Crippen LogP contribution in [0, 0.1) is 0 Å². The van der Waals surface area contributed by atoms with Crippen LogP contribution in [0.15, 0.2) is 12.3 Å². The number of nitrogens with zero attached hydrogens (tertiary/aromatic N) is 4. The minimum atomic E-state index is -4.65. The third-order valence-electron chi connectivity index (χ3n) is 6.63. The van der Waals surface area contributed by atoms with E-state index in [9.17, 15) is 27.9 Å². The van der Waals surface area contributed by atoms with Crippen molar-refractivity contribution in [2.45, 2.75) is 56.3 Å². The van der Waals surface area contributed by atoms with E-state index in [1.165, 1.54) is 11.1 Å². The summed E-state index contributed by atoms with van der Waals surface area (Å²) < 4.78 is 42.2. The molecule has 2 amide bonds. The Bertz CT molecular complexity index is 1100. The number of fused-ring (bicyclic) bond motifs is 1. The Balaban J connectivity index is 1.44. The standard InChI is InChI=1S/C21H22ClF3N4O3/c22-18-17(20(32)27-6-7-28(16(31)10-27)14-2-1-3-15(14)30)26-19-13(21(23,24)25)8-12(9-29(18)19)11-4-5-11/h8-9,11,14-15,30H,1-7,10H2/t14?,15-/m1/s1. The van der Waals surface area contributed by atoms with Crippen molar-refractivity contribution < 1.29 is 27.9 Å². The lowest BCUT2D eigenvalue weighted by atomic mass is 10.1. The summed E-state index contributed by atoms with van der Waals surface area (Å²) in [6.07, 6.45) is 0.0894. The van der Waals surface area contributed by atoms with E-state index in [2.05, 4.69) is 4.98 Å². The summed E-state index contributed by atoms with van der Waals surface area (Å²) in [7, 11) is 0. The van der Waals surface area contributed by atoms with Gasteiger partial charge in [0.2, 0.25) is 5.91 Å². The summed E-state index contributed by atoms with van der Waals surface area (Å²) in [4.78, 5) is 32.5. The number of pyridine rings is 1. The maximum atomic E-state index is 13.7. The van der Waals surface area contributed by atoms with Gasteiger partial charge in [-0.1, -0.05) is 11.6 Å². The van der Waals surface area contributed by atoms with Crippen LogP contribution in [-0.2, 0) is 11.0 Å². The van der Waals surface area contributed by atoms with Crippen LogP contribution in [-0.4, -0.2) is 67.9 Å². The average molecular weight is 471 g/mol. The molecule has 0 bridgehead atoms. The molecule has 32 heavy (non-hydrogen) atoms. The molecule has 3 fully saturated rings. The van der Waals surface area contributed by atoms with Crippen molar-refractivity contribution in [3.63, 3.8) is 0 Å². The highest BCUT2D eigenvalue weighted by molar-refractivity contribution is 6.33. The summed E-state index contributed by atoms with van der Waals surface area (Å²) >= 11 is 6.34. The number of hydrogen-bond donors (Lipinski definition) is 1. The summed E-state index contributed by atoms with van der Waals surface area (Å²) in [5.41, 5.74) is -1.14. The van der Waals surface area contributed by atoms with E-state index in [0.717, 1.165) is 29.7 Å². The molecule has 1 saturated heterocycles. The SMILES string of the molecule is O=C(c1nc2c(C(F)(F)F)cc(C3CC3)cn2c1Cl)N1CCN(C2CCC[C@H]2O)C(=O)C1. The molecule has 3 aliphatic rings. The lowest BCUT2D eigenvalue weighted by molar-refractivity contribution is -0.139. The molecule has 172 valence electrons. The molecule has 11 heteroatoms. The lowest BCUT2D eigenvalue weighted by Gasteiger charge is -2.38. The molecule has 2 aromatic heterocycles. The number of aromatic nitrogens is 2. The molecule has 1 N–H and O–H groups in total. The zero-order chi connectivity index (χ0) is 22.8. The second-order valence-electron chi connectivity index (χ2n) is 8.78. The normalized spacial score (nSPS) is 24.6. The number of hydrogen-bond acceptors (Lipinski definition) is 4. The largest absolute Gasteiger partial charge is 0.419 e. The number of carbonyl (C=O) groups excluding carboxylic acids is 2. The number of piperazine rings is 1. The summed E-state index contributed by atoms with van der Waals surface area (Å²) in [5.74, 6) is -0.933. The number of carbonyl (C=O) groups is 2. The lowest BCUT2D eigenvalue weighted by Crippen LogP contribution is -2.57. The number of imidazole rings is 1. The highest BCUT2D eigenvalue weighted by Crippen LogP contribution is 2.43. The van der Waals surface area contributed by atoms with Gasteiger partial charge in [0, 0.05) is 19.3 Å². The van der Waals surface area contributed by atoms with Crippen LogP contribution in [0.2, 0.25) is 5.15 Å². The van der Waals surface area contributed by atoms with Gasteiger partial charge < -0.3 is 14.9 Å². The van der Waals surface area contributed by atoms with E-state index in [0.29, 0.717) is 18.4 Å². The Hall–Kier alpha value is -2.33. The third-order valence-corrected chi connectivity index (χ3v) is 6.99. The quantitative estimate of drug-likeness (QED) is 0.748.